The van der Waals surface area contributed by atoms with Crippen LogP contribution in [0.25, 0.3) is 0 Å². The van der Waals surface area contributed by atoms with Gasteiger partial charge in [-0.3, -0.25) is 4.79 Å². The first kappa shape index (κ1) is 11.8. The molecule has 15 heavy (non-hydrogen) atoms. The number of carbonyl (C=O) groups excluding carboxylic acids is 1. The molecule has 0 saturated carbocycles. The highest BCUT2D eigenvalue weighted by molar-refractivity contribution is 5.77. The van der Waals surface area contributed by atoms with Crippen molar-refractivity contribution in [3.05, 3.63) is 24.2 Å². The molecule has 1 heterocycles. The highest BCUT2D eigenvalue weighted by Gasteiger charge is 2.01. The Labute approximate surface area is 90.0 Å². The maximum absolute atomic E-state index is 11.3. The Bertz CT molecular complexity index is 270. The Morgan fingerprint density at radius 1 is 1.53 bits per heavy atom. The van der Waals surface area contributed by atoms with Crippen LogP contribution in [0.5, 0.6) is 0 Å². The minimum Gasteiger partial charge on any atom is -0.467 e. The number of furan rings is 1. The van der Waals surface area contributed by atoms with Crippen LogP contribution < -0.4 is 10.6 Å². The minimum atomic E-state index is 0.00232. The fourth-order valence-corrected chi connectivity index (χ4v) is 1.17. The number of hydrogen-bond acceptors (Lipinski definition) is 3. The molecule has 1 rings (SSSR count). The molecule has 0 aliphatic rings. The summed E-state index contributed by atoms with van der Waals surface area (Å²) in [7, 11) is 0. The maximum atomic E-state index is 11.3. The van der Waals surface area contributed by atoms with Gasteiger partial charge in [-0.05, 0) is 25.1 Å². The molecule has 2 N–H and O–H groups in total. The van der Waals surface area contributed by atoms with Gasteiger partial charge in [0.05, 0.1) is 19.4 Å². The van der Waals surface area contributed by atoms with Gasteiger partial charge < -0.3 is 15.1 Å². The van der Waals surface area contributed by atoms with E-state index in [9.17, 15) is 4.79 Å². The van der Waals surface area contributed by atoms with Crippen LogP contribution in [0.2, 0.25) is 0 Å². The average Bonchev–Trinajstić information content (AvgIpc) is 2.74. The molecule has 1 aromatic rings. The van der Waals surface area contributed by atoms with Gasteiger partial charge in [0, 0.05) is 0 Å². The van der Waals surface area contributed by atoms with Gasteiger partial charge in [-0.1, -0.05) is 13.3 Å². The van der Waals surface area contributed by atoms with Crippen LogP contribution in [-0.2, 0) is 11.3 Å². The normalized spacial score (nSPS) is 10.2. The zero-order valence-corrected chi connectivity index (χ0v) is 9.08. The molecule has 0 atom stereocenters. The molecule has 4 nitrogen and oxygen atoms in total. The second-order valence-electron chi connectivity index (χ2n) is 3.39. The third kappa shape index (κ3) is 5.22. The van der Waals surface area contributed by atoms with Gasteiger partial charge in [0.15, 0.2) is 0 Å². The smallest absolute Gasteiger partial charge is 0.234 e. The van der Waals surface area contributed by atoms with E-state index in [1.807, 2.05) is 6.07 Å². The van der Waals surface area contributed by atoms with E-state index in [1.165, 1.54) is 0 Å². The molecule has 1 aromatic heterocycles. The molecule has 4 heteroatoms. The molecule has 1 amide bonds. The van der Waals surface area contributed by atoms with Crippen LogP contribution in [-0.4, -0.2) is 19.0 Å². The van der Waals surface area contributed by atoms with Crippen molar-refractivity contribution >= 4 is 5.91 Å². The van der Waals surface area contributed by atoms with Gasteiger partial charge in [-0.25, -0.2) is 0 Å². The van der Waals surface area contributed by atoms with Gasteiger partial charge in [0.2, 0.25) is 5.91 Å². The zero-order chi connectivity index (χ0) is 10.9. The first-order chi connectivity index (χ1) is 7.33. The van der Waals surface area contributed by atoms with E-state index in [2.05, 4.69) is 17.6 Å². The summed E-state index contributed by atoms with van der Waals surface area (Å²) in [5.41, 5.74) is 0. The first-order valence-electron chi connectivity index (χ1n) is 5.32. The Balaban J connectivity index is 2.04. The van der Waals surface area contributed by atoms with E-state index in [0.717, 1.165) is 25.1 Å². The van der Waals surface area contributed by atoms with Crippen molar-refractivity contribution in [1.29, 1.82) is 0 Å². The Morgan fingerprint density at radius 2 is 2.40 bits per heavy atom. The number of rotatable bonds is 7. The summed E-state index contributed by atoms with van der Waals surface area (Å²) in [6.07, 6.45) is 3.84. The van der Waals surface area contributed by atoms with Crippen LogP contribution >= 0.6 is 0 Å². The van der Waals surface area contributed by atoms with Crippen LogP contribution in [0, 0.1) is 0 Å². The van der Waals surface area contributed by atoms with E-state index in [0.29, 0.717) is 13.1 Å². The van der Waals surface area contributed by atoms with Crippen molar-refractivity contribution < 1.29 is 9.21 Å². The quantitative estimate of drug-likeness (QED) is 0.667. The average molecular weight is 210 g/mol. The molecule has 0 fully saturated rings. The van der Waals surface area contributed by atoms with E-state index < -0.39 is 0 Å². The monoisotopic (exact) mass is 210 g/mol. The lowest BCUT2D eigenvalue weighted by molar-refractivity contribution is -0.120. The molecule has 0 radical (unpaired) electrons. The molecule has 0 aliphatic heterocycles. The Kier molecular flexibility index (Phi) is 5.55. The molecule has 84 valence electrons. The lowest BCUT2D eigenvalue weighted by Gasteiger charge is -2.04. The van der Waals surface area contributed by atoms with Gasteiger partial charge in [0.25, 0.3) is 0 Å². The lowest BCUT2D eigenvalue weighted by atomic mass is 10.3. The van der Waals surface area contributed by atoms with E-state index >= 15 is 0 Å². The van der Waals surface area contributed by atoms with Crippen molar-refractivity contribution in [3.63, 3.8) is 0 Å². The summed E-state index contributed by atoms with van der Waals surface area (Å²) >= 11 is 0. The summed E-state index contributed by atoms with van der Waals surface area (Å²) < 4.78 is 5.09. The molecular weight excluding hydrogens is 192 g/mol. The zero-order valence-electron chi connectivity index (χ0n) is 9.08. The molecule has 0 spiro atoms. The van der Waals surface area contributed by atoms with E-state index in [1.54, 1.807) is 12.3 Å². The lowest BCUT2D eigenvalue weighted by Crippen LogP contribution is -2.33. The number of amides is 1. The SMILES string of the molecule is CCCCNCC(=O)NCc1ccco1. The van der Waals surface area contributed by atoms with Crippen molar-refractivity contribution in [2.75, 3.05) is 13.1 Å². The van der Waals surface area contributed by atoms with Gasteiger partial charge >= 0.3 is 0 Å². The summed E-state index contributed by atoms with van der Waals surface area (Å²) in [6.45, 7) is 3.85. The standard InChI is InChI=1S/C11H18N2O2/c1-2-3-6-12-9-11(14)13-8-10-5-4-7-15-10/h4-5,7,12H,2-3,6,8-9H2,1H3,(H,13,14). The summed E-state index contributed by atoms with van der Waals surface area (Å²) in [6, 6.07) is 3.64. The van der Waals surface area contributed by atoms with Crippen molar-refractivity contribution in [3.8, 4) is 0 Å². The highest BCUT2D eigenvalue weighted by Crippen LogP contribution is 1.97. The second kappa shape index (κ2) is 7.06. The van der Waals surface area contributed by atoms with E-state index in [-0.39, 0.29) is 5.91 Å². The van der Waals surface area contributed by atoms with Crippen LogP contribution in [0.3, 0.4) is 0 Å². The van der Waals surface area contributed by atoms with Crippen LogP contribution in [0.15, 0.2) is 22.8 Å². The summed E-state index contributed by atoms with van der Waals surface area (Å²) in [5.74, 6) is 0.777. The van der Waals surface area contributed by atoms with Crippen LogP contribution in [0.1, 0.15) is 25.5 Å². The molecule has 0 aliphatic carbocycles. The van der Waals surface area contributed by atoms with Crippen LogP contribution in [0.4, 0.5) is 0 Å². The minimum absolute atomic E-state index is 0.00232. The van der Waals surface area contributed by atoms with Crippen molar-refractivity contribution in [2.45, 2.75) is 26.3 Å². The number of carbonyl (C=O) groups is 1. The van der Waals surface area contributed by atoms with Gasteiger partial charge in [0.1, 0.15) is 5.76 Å². The second-order valence-corrected chi connectivity index (χ2v) is 3.39. The first-order valence-corrected chi connectivity index (χ1v) is 5.32. The maximum Gasteiger partial charge on any atom is 0.234 e. The molecule has 0 bridgehead atoms. The van der Waals surface area contributed by atoms with Crippen molar-refractivity contribution in [1.82, 2.24) is 10.6 Å². The third-order valence-electron chi connectivity index (χ3n) is 2.03. The third-order valence-corrected chi connectivity index (χ3v) is 2.03. The summed E-state index contributed by atoms with van der Waals surface area (Å²) in [5, 5.41) is 5.84. The topological polar surface area (TPSA) is 54.3 Å². The number of unbranched alkanes of at least 4 members (excludes halogenated alkanes) is 1. The largest absolute Gasteiger partial charge is 0.467 e. The number of nitrogens with one attached hydrogen (secondary N) is 2. The van der Waals surface area contributed by atoms with E-state index in [4.69, 9.17) is 4.42 Å². The fourth-order valence-electron chi connectivity index (χ4n) is 1.17. The Morgan fingerprint density at radius 3 is 3.07 bits per heavy atom. The van der Waals surface area contributed by atoms with Gasteiger partial charge in [-0.2, -0.15) is 0 Å². The molecule has 0 unspecified atom stereocenters. The predicted octanol–water partition coefficient (Wildman–Crippen LogP) is 1.29. The number of hydrogen-bond donors (Lipinski definition) is 2. The Hall–Kier alpha value is -1.29. The predicted molar refractivity (Wildman–Crippen MR) is 58.3 cm³/mol. The highest BCUT2D eigenvalue weighted by atomic mass is 16.3. The molecule has 0 saturated heterocycles. The fraction of sp³-hybridized carbons (Fsp3) is 0.545. The molecular formula is C11H18N2O2. The summed E-state index contributed by atoms with van der Waals surface area (Å²) in [4.78, 5) is 11.3. The molecule has 0 aromatic carbocycles. The van der Waals surface area contributed by atoms with Crippen molar-refractivity contribution in [2.24, 2.45) is 0 Å². The van der Waals surface area contributed by atoms with Gasteiger partial charge in [-0.15, -0.1) is 0 Å².